The number of carbonyl (C=O) groups excluding carboxylic acids is 1. The molecule has 1 heterocycles. The summed E-state index contributed by atoms with van der Waals surface area (Å²) in [6.45, 7) is 0.700. The average molecular weight is 210 g/mol. The molecular weight excluding hydrogens is 199 g/mol. The van der Waals surface area contributed by atoms with Gasteiger partial charge in [0, 0.05) is 10.9 Å². The van der Waals surface area contributed by atoms with Crippen LogP contribution in [0.4, 0.5) is 0 Å². The van der Waals surface area contributed by atoms with Gasteiger partial charge in [-0.2, -0.15) is 0 Å². The number of primary amides is 1. The van der Waals surface area contributed by atoms with Crippen LogP contribution in [0.25, 0.3) is 0 Å². The fraction of sp³-hybridized carbons (Fsp3) is 0.833. The maximum atomic E-state index is 10.7. The molecule has 7 nitrogen and oxygen atoms in total. The Balaban J connectivity index is 0.00000169. The molecule has 1 aliphatic rings. The van der Waals surface area contributed by atoms with Crippen LogP contribution in [-0.2, 0) is 4.79 Å². The molecule has 1 saturated heterocycles. The first-order chi connectivity index (χ1) is 6.15. The maximum Gasteiger partial charge on any atom is 1.00 e. The Morgan fingerprint density at radius 1 is 1.50 bits per heavy atom. The Morgan fingerprint density at radius 3 is 2.36 bits per heavy atom. The molecule has 0 saturated carbocycles. The summed E-state index contributed by atoms with van der Waals surface area (Å²) >= 11 is 0. The number of piperidine rings is 1. The van der Waals surface area contributed by atoms with Crippen molar-refractivity contribution in [2.45, 2.75) is 12.8 Å². The van der Waals surface area contributed by atoms with Crippen molar-refractivity contribution < 1.29 is 39.3 Å². The minimum absolute atomic E-state index is 0. The summed E-state index contributed by atoms with van der Waals surface area (Å²) in [6.07, 6.45) is 1.01. The van der Waals surface area contributed by atoms with Gasteiger partial charge in [0.05, 0.1) is 13.1 Å². The number of nitrogens with two attached hydrogens (primary N) is 1. The summed E-state index contributed by atoms with van der Waals surface area (Å²) in [5, 5.41) is 24.0. The van der Waals surface area contributed by atoms with Gasteiger partial charge in [-0.05, 0) is 18.1 Å². The van der Waals surface area contributed by atoms with Crippen molar-refractivity contribution in [2.75, 3.05) is 13.1 Å². The molecule has 0 bridgehead atoms. The molecule has 14 heavy (non-hydrogen) atoms. The summed E-state index contributed by atoms with van der Waals surface area (Å²) in [4.78, 5) is 10.7. The van der Waals surface area contributed by atoms with E-state index in [1.54, 1.807) is 0 Å². The van der Waals surface area contributed by atoms with Gasteiger partial charge in [0.2, 0.25) is 5.91 Å². The maximum absolute atomic E-state index is 10.7. The monoisotopic (exact) mass is 210 g/mol. The Hall–Kier alpha value is -0.530. The summed E-state index contributed by atoms with van der Waals surface area (Å²) in [6, 6.07) is 0. The second-order valence-corrected chi connectivity index (χ2v) is 2.96. The molecule has 0 aliphatic carbocycles. The average Bonchev–Trinajstić information content (AvgIpc) is 2.17. The van der Waals surface area contributed by atoms with E-state index in [1.165, 1.54) is 5.01 Å². The third-order valence-corrected chi connectivity index (χ3v) is 2.19. The van der Waals surface area contributed by atoms with Gasteiger partial charge in [-0.3, -0.25) is 4.79 Å². The third-order valence-electron chi connectivity index (χ3n) is 2.19. The van der Waals surface area contributed by atoms with Gasteiger partial charge in [-0.15, -0.1) is 5.01 Å². The van der Waals surface area contributed by atoms with Gasteiger partial charge in [-0.25, -0.2) is 0 Å². The van der Waals surface area contributed by atoms with E-state index in [2.05, 4.69) is 5.28 Å². The van der Waals surface area contributed by atoms with Crippen molar-refractivity contribution in [3.8, 4) is 0 Å². The summed E-state index contributed by atoms with van der Waals surface area (Å²) in [7, 11) is 0. The molecule has 0 unspecified atom stereocenters. The van der Waals surface area contributed by atoms with Crippen molar-refractivity contribution in [1.82, 2.24) is 5.01 Å². The minimum Gasteiger partial charge on any atom is -0.737 e. The fourth-order valence-corrected chi connectivity index (χ4v) is 1.37. The molecule has 0 aromatic rings. The quantitative estimate of drug-likeness (QED) is 0.221. The van der Waals surface area contributed by atoms with Crippen LogP contribution in [0.1, 0.15) is 12.8 Å². The van der Waals surface area contributed by atoms with E-state index in [-0.39, 0.29) is 46.4 Å². The van der Waals surface area contributed by atoms with Crippen molar-refractivity contribution >= 4 is 5.91 Å². The zero-order valence-corrected chi connectivity index (χ0v) is 10.0. The van der Waals surface area contributed by atoms with E-state index >= 15 is 0 Å². The number of hydrogen-bond acceptors (Lipinski definition) is 4. The second kappa shape index (κ2) is 6.05. The number of carbonyl (C=O) groups is 1. The zero-order chi connectivity index (χ0) is 9.84. The van der Waals surface area contributed by atoms with Crippen molar-refractivity contribution in [3.05, 3.63) is 10.4 Å². The number of hydrazine groups is 1. The minimum atomic E-state index is -0.351. The van der Waals surface area contributed by atoms with Crippen LogP contribution in [0.15, 0.2) is 5.28 Å². The van der Waals surface area contributed by atoms with Gasteiger partial charge in [0.15, 0.2) is 0 Å². The van der Waals surface area contributed by atoms with Crippen LogP contribution >= 0.6 is 0 Å². The number of hydrogen-bond donors (Lipinski definition) is 1. The number of amides is 1. The second-order valence-electron chi connectivity index (χ2n) is 2.96. The normalized spacial score (nSPS) is 18.9. The molecule has 0 atom stereocenters. The van der Waals surface area contributed by atoms with E-state index in [0.717, 1.165) is 0 Å². The van der Waals surface area contributed by atoms with Gasteiger partial charge >= 0.3 is 29.6 Å². The molecule has 1 amide bonds. The molecule has 1 aliphatic heterocycles. The first kappa shape index (κ1) is 13.5. The van der Waals surface area contributed by atoms with Gasteiger partial charge in [0.25, 0.3) is 0 Å². The van der Waals surface area contributed by atoms with Crippen LogP contribution in [0.2, 0.25) is 0 Å². The largest absolute Gasteiger partial charge is 1.00 e. The van der Waals surface area contributed by atoms with Crippen molar-refractivity contribution in [3.63, 3.8) is 0 Å². The van der Waals surface area contributed by atoms with Crippen LogP contribution in [0, 0.1) is 16.3 Å². The first-order valence-electron chi connectivity index (χ1n) is 4.00. The molecule has 74 valence electrons. The predicted octanol–water partition coefficient (Wildman–Crippen LogP) is -3.44. The SMILES string of the molecule is NC(=O)C1CCN(/[N+]([O-])=N/[O-])CC1.[Na+]. The number of rotatable bonds is 2. The molecule has 0 aromatic carbocycles. The Kier molecular flexibility index (Phi) is 5.82. The third kappa shape index (κ3) is 3.32. The summed E-state index contributed by atoms with van der Waals surface area (Å²) in [5.41, 5.74) is 5.09. The fourth-order valence-electron chi connectivity index (χ4n) is 1.37. The molecule has 8 heteroatoms. The van der Waals surface area contributed by atoms with E-state index in [0.29, 0.717) is 25.9 Å². The molecular formula is C6H11N4NaO3. The van der Waals surface area contributed by atoms with E-state index < -0.39 is 0 Å². The Labute approximate surface area is 103 Å². The van der Waals surface area contributed by atoms with Gasteiger partial charge in [0.1, 0.15) is 0 Å². The van der Waals surface area contributed by atoms with Crippen LogP contribution in [0.3, 0.4) is 0 Å². The van der Waals surface area contributed by atoms with Crippen molar-refractivity contribution in [1.29, 1.82) is 0 Å². The topological polar surface area (TPSA) is 108 Å². The molecule has 0 aromatic heterocycles. The molecule has 0 radical (unpaired) electrons. The van der Waals surface area contributed by atoms with Gasteiger partial charge < -0.3 is 16.1 Å². The first-order valence-corrected chi connectivity index (χ1v) is 4.00. The Morgan fingerprint density at radius 2 is 2.00 bits per heavy atom. The van der Waals surface area contributed by atoms with Crippen molar-refractivity contribution in [2.24, 2.45) is 16.9 Å². The zero-order valence-electron chi connectivity index (χ0n) is 8.05. The van der Waals surface area contributed by atoms with E-state index in [9.17, 15) is 15.2 Å². The summed E-state index contributed by atoms with van der Waals surface area (Å²) in [5.74, 6) is -0.535. The van der Waals surface area contributed by atoms with Gasteiger partial charge in [-0.1, -0.05) is 0 Å². The smallest absolute Gasteiger partial charge is 0.737 e. The van der Waals surface area contributed by atoms with Crippen LogP contribution in [-0.4, -0.2) is 29.0 Å². The standard InChI is InChI=1S/C6H12N4O3.Na/c7-6(11)5-1-3-9(4-2-5)10(13)8-12;/h5,12H,1-4H2,(H2,7,11);/q;+1/p-1/b10-8-;. The van der Waals surface area contributed by atoms with E-state index in [4.69, 9.17) is 5.73 Å². The van der Waals surface area contributed by atoms with Crippen LogP contribution in [0.5, 0.6) is 0 Å². The molecule has 2 N–H and O–H groups in total. The number of nitrogens with zero attached hydrogens (tertiary/aromatic N) is 3. The predicted molar refractivity (Wildman–Crippen MR) is 42.9 cm³/mol. The molecule has 1 fully saturated rings. The molecule has 0 spiro atoms. The van der Waals surface area contributed by atoms with E-state index in [1.807, 2.05) is 0 Å². The Bertz CT molecular complexity index is 227. The molecule has 1 rings (SSSR count). The summed E-state index contributed by atoms with van der Waals surface area (Å²) < 4.78 is 0. The van der Waals surface area contributed by atoms with Crippen LogP contribution < -0.4 is 35.3 Å².